The fourth-order valence-electron chi connectivity index (χ4n) is 3.51. The average molecular weight is 560 g/mol. The molecule has 12 nitrogen and oxygen atoms in total. The molecule has 2 aliphatic rings. The molecule has 2 aliphatic heterocycles. The van der Waals surface area contributed by atoms with Gasteiger partial charge in [-0.3, -0.25) is 14.5 Å². The molecule has 1 fully saturated rings. The number of carbonyl (C=O) groups excluding carboxylic acids is 3. The summed E-state index contributed by atoms with van der Waals surface area (Å²) in [5.74, 6) is -1.85. The summed E-state index contributed by atoms with van der Waals surface area (Å²) in [5, 5.41) is 19.3. The smallest absolute Gasteiger partial charge is 0.543 e. The number of thioether (sulfide) groups is 2. The van der Waals surface area contributed by atoms with E-state index in [-0.39, 0.29) is 57.5 Å². The third-order valence-corrected chi connectivity index (χ3v) is 8.05. The van der Waals surface area contributed by atoms with E-state index in [0.717, 1.165) is 16.2 Å². The Kier molecular flexibility index (Phi) is 9.29. The van der Waals surface area contributed by atoms with Crippen LogP contribution in [0.4, 0.5) is 5.13 Å². The third kappa shape index (κ3) is 5.81. The maximum absolute atomic E-state index is 12.9. The molecule has 0 aliphatic carbocycles. The number of rotatable bonds is 8. The molecule has 184 valence electrons. The second-order valence-corrected chi connectivity index (χ2v) is 10.3. The minimum Gasteiger partial charge on any atom is -0.543 e. The van der Waals surface area contributed by atoms with Crippen LogP contribution in [0.1, 0.15) is 11.5 Å². The first kappa shape index (κ1) is 28.3. The summed E-state index contributed by atoms with van der Waals surface area (Å²) in [6.07, 6.45) is 0. The molecule has 4 heterocycles. The van der Waals surface area contributed by atoms with Crippen LogP contribution >= 0.6 is 34.9 Å². The van der Waals surface area contributed by atoms with Gasteiger partial charge in [-0.25, -0.2) is 9.78 Å². The van der Waals surface area contributed by atoms with Gasteiger partial charge in [-0.2, -0.15) is 0 Å². The van der Waals surface area contributed by atoms with E-state index in [1.807, 2.05) is 0 Å². The molecule has 2 aromatic rings. The van der Waals surface area contributed by atoms with Gasteiger partial charge in [0, 0.05) is 27.8 Å². The number of fused-ring (bicyclic) bond motifs is 1. The zero-order valence-corrected chi connectivity index (χ0v) is 23.8. The number of nitrogens with zero attached hydrogens (tertiary/aromatic N) is 3. The van der Waals surface area contributed by atoms with Crippen LogP contribution in [0.3, 0.4) is 0 Å². The molecule has 0 unspecified atom stereocenters. The van der Waals surface area contributed by atoms with Gasteiger partial charge in [0.15, 0.2) is 10.8 Å². The van der Waals surface area contributed by atoms with Crippen LogP contribution in [0, 0.1) is 6.92 Å². The zero-order chi connectivity index (χ0) is 25.3. The van der Waals surface area contributed by atoms with Crippen molar-refractivity contribution in [2.75, 3.05) is 24.3 Å². The van der Waals surface area contributed by atoms with E-state index in [2.05, 4.69) is 15.5 Å². The van der Waals surface area contributed by atoms with Crippen molar-refractivity contribution in [3.8, 4) is 0 Å². The number of aliphatic carboxylic acids is 1. The number of nitrogens with one attached hydrogen (secondary N) is 1. The maximum atomic E-state index is 12.9. The molecule has 2 amide bonds. The molecule has 2 aromatic heterocycles. The monoisotopic (exact) mass is 559 g/mol. The van der Waals surface area contributed by atoms with E-state index in [1.54, 1.807) is 13.0 Å². The summed E-state index contributed by atoms with van der Waals surface area (Å²) in [5.41, 5.74) is 5.38. The Hall–Kier alpha value is -2.30. The van der Waals surface area contributed by atoms with Gasteiger partial charge in [-0.1, -0.05) is 5.16 Å². The van der Waals surface area contributed by atoms with Crippen molar-refractivity contribution in [3.63, 3.8) is 0 Å². The summed E-state index contributed by atoms with van der Waals surface area (Å²) in [6, 6.07) is 2.00. The van der Waals surface area contributed by atoms with Crippen LogP contribution in [-0.4, -0.2) is 63.4 Å². The number of carboxylic acid groups (broad SMARTS) is 1. The van der Waals surface area contributed by atoms with Crippen molar-refractivity contribution in [1.82, 2.24) is 15.2 Å². The average Bonchev–Trinajstić information content (AvgIpc) is 3.23. The molecule has 0 aromatic carbocycles. The second-order valence-electron chi connectivity index (χ2n) is 7.31. The van der Waals surface area contributed by atoms with Gasteiger partial charge in [0.05, 0.1) is 11.7 Å². The number of β-lactam (4-membered cyclic amide) rings is 1. The quantitative estimate of drug-likeness (QED) is 0.108. The van der Waals surface area contributed by atoms with Gasteiger partial charge in [-0.15, -0.1) is 34.9 Å². The third-order valence-electron chi connectivity index (χ3n) is 4.97. The first-order chi connectivity index (χ1) is 16.7. The summed E-state index contributed by atoms with van der Waals surface area (Å²) in [4.78, 5) is 59.7. The molecule has 4 rings (SSSR count). The van der Waals surface area contributed by atoms with Gasteiger partial charge < -0.3 is 30.2 Å². The summed E-state index contributed by atoms with van der Waals surface area (Å²) in [7, 11) is 1.26. The van der Waals surface area contributed by atoms with E-state index in [1.165, 1.54) is 42.1 Å². The van der Waals surface area contributed by atoms with E-state index in [4.69, 9.17) is 15.0 Å². The number of nitrogens with two attached hydrogens (primary N) is 1. The SMILES string of the molecule is CO/N=C(\C(=O)N[C@@H]1C(=O)N2C(C(=O)[O-])=C(CSc3cc(C)oc(=O)c3)CS[C@H]12)c1csc(N)n1.[Na+]. The van der Waals surface area contributed by atoms with Gasteiger partial charge in [0.2, 0.25) is 0 Å². The Bertz CT molecular complexity index is 1320. The fourth-order valence-corrected chi connectivity index (χ4v) is 6.55. The number of thiazole rings is 1. The van der Waals surface area contributed by atoms with E-state index < -0.39 is 34.8 Å². The second kappa shape index (κ2) is 11.8. The zero-order valence-electron chi connectivity index (χ0n) is 19.3. The molecule has 0 spiro atoms. The minimum absolute atomic E-state index is 0. The molecule has 1 saturated heterocycles. The molecular weight excluding hydrogens is 541 g/mol. The van der Waals surface area contributed by atoms with Crippen molar-refractivity contribution in [3.05, 3.63) is 50.7 Å². The number of carboxylic acids is 1. The molecule has 16 heteroatoms. The van der Waals surface area contributed by atoms with Crippen LogP contribution < -0.4 is 51.3 Å². The number of nitrogen functional groups attached to an aromatic ring is 1. The maximum Gasteiger partial charge on any atom is 1.00 e. The predicted octanol–water partition coefficient (Wildman–Crippen LogP) is -3.46. The number of aryl methyl sites for hydroxylation is 1. The van der Waals surface area contributed by atoms with E-state index >= 15 is 0 Å². The Morgan fingerprint density at radius 1 is 1.42 bits per heavy atom. The molecule has 36 heavy (non-hydrogen) atoms. The van der Waals surface area contributed by atoms with Crippen LogP contribution in [0.2, 0.25) is 0 Å². The molecule has 0 saturated carbocycles. The van der Waals surface area contributed by atoms with Gasteiger partial charge in [0.1, 0.15) is 30.0 Å². The number of carbonyl (C=O) groups is 3. The molecule has 0 radical (unpaired) electrons. The van der Waals surface area contributed by atoms with Crippen molar-refractivity contribution in [2.24, 2.45) is 5.16 Å². The standard InChI is InChI=1S/C20H19N5O7S3.Na/c1-8-3-10(4-12(26)32-8)33-5-9-6-34-18-14(17(28)25(18)15(9)19(29)30)23-16(27)13(24-31-2)11-7-35-20(21)22-11;/h3-4,7,14,18H,5-6H2,1-2H3,(H2,21,22)(H,23,27)(H,29,30);/q;+1/p-1/b24-13-;/t14-,18-;/m1./s1. The van der Waals surface area contributed by atoms with Crippen molar-refractivity contribution in [2.45, 2.75) is 23.2 Å². The van der Waals surface area contributed by atoms with Crippen LogP contribution in [0.5, 0.6) is 0 Å². The molecule has 3 N–H and O–H groups in total. The van der Waals surface area contributed by atoms with E-state index in [9.17, 15) is 24.3 Å². The summed E-state index contributed by atoms with van der Waals surface area (Å²) in [6.45, 7) is 1.64. The van der Waals surface area contributed by atoms with Crippen LogP contribution in [0.15, 0.2) is 48.0 Å². The predicted molar refractivity (Wildman–Crippen MR) is 128 cm³/mol. The van der Waals surface area contributed by atoms with E-state index in [0.29, 0.717) is 22.0 Å². The normalized spacial score (nSPS) is 19.2. The van der Waals surface area contributed by atoms with Gasteiger partial charge in [-0.05, 0) is 18.6 Å². The molecule has 0 bridgehead atoms. The number of hydrogen-bond acceptors (Lipinski definition) is 13. The minimum atomic E-state index is -1.49. The number of anilines is 1. The van der Waals surface area contributed by atoms with Crippen LogP contribution in [0.25, 0.3) is 0 Å². The van der Waals surface area contributed by atoms with Crippen molar-refractivity contribution >= 4 is 63.5 Å². The Balaban J connectivity index is 0.00000361. The Morgan fingerprint density at radius 3 is 2.78 bits per heavy atom. The Labute approximate surface area is 239 Å². The topological polar surface area (TPSA) is 180 Å². The van der Waals surface area contributed by atoms with Gasteiger partial charge >= 0.3 is 35.2 Å². The number of hydrogen-bond donors (Lipinski definition) is 2. The Morgan fingerprint density at radius 2 is 2.17 bits per heavy atom. The summed E-state index contributed by atoms with van der Waals surface area (Å²) >= 11 is 3.66. The van der Waals surface area contributed by atoms with Gasteiger partial charge in [0.25, 0.3) is 11.8 Å². The first-order valence-electron chi connectivity index (χ1n) is 9.95. The number of oxime groups is 1. The largest absolute Gasteiger partial charge is 1.00 e. The van der Waals surface area contributed by atoms with Crippen molar-refractivity contribution in [1.29, 1.82) is 0 Å². The van der Waals surface area contributed by atoms with Crippen LogP contribution in [-0.2, 0) is 19.2 Å². The number of aromatic nitrogens is 1. The molecular formula is C20H18N5NaO7S3. The summed E-state index contributed by atoms with van der Waals surface area (Å²) < 4.78 is 4.93. The number of amides is 2. The first-order valence-corrected chi connectivity index (χ1v) is 12.9. The molecule has 2 atom stereocenters. The fraction of sp³-hybridized carbons (Fsp3) is 0.300. The van der Waals surface area contributed by atoms with Crippen molar-refractivity contribution < 1.29 is 58.3 Å².